The third-order valence-electron chi connectivity index (χ3n) is 1.39. The van der Waals surface area contributed by atoms with Gasteiger partial charge in [0.05, 0.1) is 5.69 Å². The number of hydrogen-bond donors (Lipinski definition) is 3. The largest absolute Gasteiger partial charge is 0.506 e. The SMILES string of the molecule is Nc1c(O)ccc(Br)c1C(=O)O. The summed E-state index contributed by atoms with van der Waals surface area (Å²) in [5.74, 6) is -1.40. The van der Waals surface area contributed by atoms with Crippen LogP contribution in [0.2, 0.25) is 0 Å². The molecule has 0 fully saturated rings. The number of phenolic OH excluding ortho intramolecular Hbond substituents is 1. The normalized spacial score (nSPS) is 9.75. The third kappa shape index (κ3) is 1.35. The molecule has 0 atom stereocenters. The Bertz CT molecular complexity index is 338. The lowest BCUT2D eigenvalue weighted by atomic mass is 10.2. The van der Waals surface area contributed by atoms with Crippen molar-refractivity contribution in [1.29, 1.82) is 0 Å². The fourth-order valence-electron chi connectivity index (χ4n) is 0.799. The highest BCUT2D eigenvalue weighted by Crippen LogP contribution is 2.30. The number of benzene rings is 1. The molecule has 4 nitrogen and oxygen atoms in total. The van der Waals surface area contributed by atoms with Gasteiger partial charge in [0.15, 0.2) is 0 Å². The molecule has 0 radical (unpaired) electrons. The Labute approximate surface area is 76.8 Å². The van der Waals surface area contributed by atoms with E-state index in [1.54, 1.807) is 0 Å². The second-order valence-corrected chi connectivity index (χ2v) is 3.01. The van der Waals surface area contributed by atoms with Gasteiger partial charge in [0.25, 0.3) is 0 Å². The highest BCUT2D eigenvalue weighted by Gasteiger charge is 2.14. The van der Waals surface area contributed by atoms with Crippen LogP contribution in [0.3, 0.4) is 0 Å². The smallest absolute Gasteiger partial charge is 0.339 e. The molecule has 0 aliphatic rings. The van der Waals surface area contributed by atoms with Crippen molar-refractivity contribution in [2.24, 2.45) is 0 Å². The molecule has 0 bridgehead atoms. The first-order valence-electron chi connectivity index (χ1n) is 3.04. The van der Waals surface area contributed by atoms with Crippen LogP contribution in [0.15, 0.2) is 16.6 Å². The van der Waals surface area contributed by atoms with E-state index in [2.05, 4.69) is 15.9 Å². The Balaban J connectivity index is 3.43. The van der Waals surface area contributed by atoms with Gasteiger partial charge in [-0.2, -0.15) is 0 Å². The summed E-state index contributed by atoms with van der Waals surface area (Å²) in [5.41, 5.74) is 5.08. The van der Waals surface area contributed by atoms with E-state index in [9.17, 15) is 4.79 Å². The molecule has 1 aromatic rings. The van der Waals surface area contributed by atoms with Crippen molar-refractivity contribution in [3.63, 3.8) is 0 Å². The molecule has 12 heavy (non-hydrogen) atoms. The second-order valence-electron chi connectivity index (χ2n) is 2.16. The second kappa shape index (κ2) is 3.02. The van der Waals surface area contributed by atoms with Crippen LogP contribution in [0, 0.1) is 0 Å². The number of halogens is 1. The van der Waals surface area contributed by atoms with Gasteiger partial charge in [-0.3, -0.25) is 0 Å². The summed E-state index contributed by atoms with van der Waals surface area (Å²) in [6, 6.07) is 2.75. The Morgan fingerprint density at radius 1 is 1.50 bits per heavy atom. The van der Waals surface area contributed by atoms with Crippen LogP contribution < -0.4 is 5.73 Å². The monoisotopic (exact) mass is 231 g/mol. The zero-order valence-corrected chi connectivity index (χ0v) is 7.50. The molecule has 0 aromatic heterocycles. The van der Waals surface area contributed by atoms with Crippen molar-refractivity contribution >= 4 is 27.6 Å². The minimum Gasteiger partial charge on any atom is -0.506 e. The molecule has 5 heteroatoms. The quantitative estimate of drug-likeness (QED) is 0.505. The zero-order chi connectivity index (χ0) is 9.30. The number of rotatable bonds is 1. The number of carboxylic acids is 1. The van der Waals surface area contributed by atoms with Crippen molar-refractivity contribution in [3.8, 4) is 5.75 Å². The molecule has 0 amide bonds. The van der Waals surface area contributed by atoms with E-state index in [0.29, 0.717) is 4.47 Å². The van der Waals surface area contributed by atoms with E-state index in [1.165, 1.54) is 12.1 Å². The van der Waals surface area contributed by atoms with Crippen LogP contribution in [0.5, 0.6) is 5.75 Å². The molecule has 1 aromatic carbocycles. The highest BCUT2D eigenvalue weighted by molar-refractivity contribution is 9.10. The molecule has 1 rings (SSSR count). The molecule has 64 valence electrons. The Kier molecular flexibility index (Phi) is 2.23. The number of anilines is 1. The average Bonchev–Trinajstić information content (AvgIpc) is 1.97. The predicted molar refractivity (Wildman–Crippen MR) is 47.2 cm³/mol. The maximum absolute atomic E-state index is 10.6. The summed E-state index contributed by atoms with van der Waals surface area (Å²) < 4.78 is 0.352. The van der Waals surface area contributed by atoms with Gasteiger partial charge < -0.3 is 15.9 Å². The molecule has 0 aliphatic heterocycles. The van der Waals surface area contributed by atoms with Crippen LogP contribution >= 0.6 is 15.9 Å². The summed E-state index contributed by atoms with van der Waals surface area (Å²) in [4.78, 5) is 10.6. The van der Waals surface area contributed by atoms with Gasteiger partial charge in [-0.25, -0.2) is 4.79 Å². The maximum Gasteiger partial charge on any atom is 0.339 e. The summed E-state index contributed by atoms with van der Waals surface area (Å²) in [6.45, 7) is 0. The fourth-order valence-corrected chi connectivity index (χ4v) is 1.31. The number of hydrogen-bond acceptors (Lipinski definition) is 3. The predicted octanol–water partition coefficient (Wildman–Crippen LogP) is 1.44. The van der Waals surface area contributed by atoms with Gasteiger partial charge >= 0.3 is 5.97 Å². The lowest BCUT2D eigenvalue weighted by Gasteiger charge is -2.04. The molecule has 0 saturated carbocycles. The van der Waals surface area contributed by atoms with Crippen LogP contribution in [0.4, 0.5) is 5.69 Å². The standard InChI is InChI=1S/C7H6BrNO3/c8-3-1-2-4(10)6(9)5(3)7(11)12/h1-2,10H,9H2,(H,11,12). The number of nitrogens with two attached hydrogens (primary N) is 1. The molecule has 0 spiro atoms. The van der Waals surface area contributed by atoms with Gasteiger partial charge in [0, 0.05) is 4.47 Å². The van der Waals surface area contributed by atoms with Gasteiger partial charge in [-0.05, 0) is 28.1 Å². The van der Waals surface area contributed by atoms with E-state index < -0.39 is 5.97 Å². The van der Waals surface area contributed by atoms with Gasteiger partial charge in [-0.1, -0.05) is 0 Å². The summed E-state index contributed by atoms with van der Waals surface area (Å²) in [6.07, 6.45) is 0. The molecular formula is C7H6BrNO3. The van der Waals surface area contributed by atoms with E-state index in [-0.39, 0.29) is 17.0 Å². The van der Waals surface area contributed by atoms with Crippen molar-refractivity contribution in [3.05, 3.63) is 22.2 Å². The number of phenols is 1. The summed E-state index contributed by atoms with van der Waals surface area (Å²) >= 11 is 3.01. The van der Waals surface area contributed by atoms with Crippen LogP contribution in [-0.4, -0.2) is 16.2 Å². The lowest BCUT2D eigenvalue weighted by molar-refractivity contribution is 0.0696. The summed E-state index contributed by atoms with van der Waals surface area (Å²) in [5, 5.41) is 17.7. The first-order valence-corrected chi connectivity index (χ1v) is 3.83. The number of carbonyl (C=O) groups is 1. The van der Waals surface area contributed by atoms with Gasteiger partial charge in [0.2, 0.25) is 0 Å². The maximum atomic E-state index is 10.6. The Morgan fingerprint density at radius 3 is 2.50 bits per heavy atom. The van der Waals surface area contributed by atoms with Crippen molar-refractivity contribution in [2.45, 2.75) is 0 Å². The van der Waals surface area contributed by atoms with E-state index in [4.69, 9.17) is 15.9 Å². The minimum absolute atomic E-state index is 0.116. The fraction of sp³-hybridized carbons (Fsp3) is 0. The topological polar surface area (TPSA) is 83.5 Å². The number of carboxylic acid groups (broad SMARTS) is 1. The van der Waals surface area contributed by atoms with Crippen molar-refractivity contribution in [1.82, 2.24) is 0 Å². The Hall–Kier alpha value is -1.23. The number of nitrogen functional groups attached to an aromatic ring is 1. The molecule has 0 aliphatic carbocycles. The van der Waals surface area contributed by atoms with Gasteiger partial charge in [-0.15, -0.1) is 0 Å². The molecule has 0 heterocycles. The van der Waals surface area contributed by atoms with E-state index >= 15 is 0 Å². The zero-order valence-electron chi connectivity index (χ0n) is 5.91. The van der Waals surface area contributed by atoms with Crippen molar-refractivity contribution < 1.29 is 15.0 Å². The minimum atomic E-state index is -1.17. The van der Waals surface area contributed by atoms with E-state index in [0.717, 1.165) is 0 Å². The van der Waals surface area contributed by atoms with E-state index in [1.807, 2.05) is 0 Å². The number of aromatic hydroxyl groups is 1. The molecular weight excluding hydrogens is 226 g/mol. The molecule has 0 saturated heterocycles. The lowest BCUT2D eigenvalue weighted by Crippen LogP contribution is -2.03. The van der Waals surface area contributed by atoms with Crippen molar-refractivity contribution in [2.75, 3.05) is 5.73 Å². The molecule has 4 N–H and O–H groups in total. The third-order valence-corrected chi connectivity index (χ3v) is 2.05. The highest BCUT2D eigenvalue weighted by atomic mass is 79.9. The average molecular weight is 232 g/mol. The number of aromatic carboxylic acids is 1. The van der Waals surface area contributed by atoms with Crippen LogP contribution in [-0.2, 0) is 0 Å². The van der Waals surface area contributed by atoms with Crippen LogP contribution in [0.25, 0.3) is 0 Å². The van der Waals surface area contributed by atoms with Crippen LogP contribution in [0.1, 0.15) is 10.4 Å². The first-order chi connectivity index (χ1) is 5.54. The summed E-state index contributed by atoms with van der Waals surface area (Å²) in [7, 11) is 0. The first kappa shape index (κ1) is 8.86. The Morgan fingerprint density at radius 2 is 2.08 bits per heavy atom. The van der Waals surface area contributed by atoms with Gasteiger partial charge in [0.1, 0.15) is 11.3 Å². The molecule has 0 unspecified atom stereocenters.